The second kappa shape index (κ2) is 8.33. The first-order valence-corrected chi connectivity index (χ1v) is 7.99. The zero-order valence-corrected chi connectivity index (χ0v) is 14.1. The molecule has 1 aliphatic carbocycles. The van der Waals surface area contributed by atoms with Crippen molar-refractivity contribution in [3.63, 3.8) is 0 Å². The Balaban J connectivity index is 2.24. The Morgan fingerprint density at radius 2 is 1.35 bits per heavy atom. The van der Waals surface area contributed by atoms with Crippen LogP contribution in [-0.4, -0.2) is 36.2 Å². The van der Waals surface area contributed by atoms with Gasteiger partial charge in [0.05, 0.1) is 25.0 Å². The Bertz CT molecular complexity index is 647. The SMILES string of the molecule is CCOC(=O)C1CC(Oc2c(F)c(F)nc(F)c2F)CC1C(=O)OCC. The average molecular weight is 379 g/mol. The fourth-order valence-electron chi connectivity index (χ4n) is 2.85. The average Bonchev–Trinajstić information content (AvgIpc) is 3.01. The Hall–Kier alpha value is -2.39. The molecule has 0 radical (unpaired) electrons. The molecular formula is C16H17F4NO5. The van der Waals surface area contributed by atoms with Gasteiger partial charge in [0.1, 0.15) is 6.10 Å². The molecule has 0 saturated heterocycles. The first-order valence-electron chi connectivity index (χ1n) is 7.99. The Labute approximate surface area is 146 Å². The first kappa shape index (κ1) is 19.9. The van der Waals surface area contributed by atoms with Gasteiger partial charge in [-0.05, 0) is 26.7 Å². The number of carbonyl (C=O) groups is 2. The number of halogens is 4. The lowest BCUT2D eigenvalue weighted by Gasteiger charge is -2.15. The second-order valence-corrected chi connectivity index (χ2v) is 5.58. The van der Waals surface area contributed by atoms with Crippen molar-refractivity contribution < 1.29 is 41.4 Å². The van der Waals surface area contributed by atoms with E-state index in [9.17, 15) is 27.2 Å². The minimum absolute atomic E-state index is 0.0699. The summed E-state index contributed by atoms with van der Waals surface area (Å²) in [6, 6.07) is 0. The number of pyridine rings is 1. The van der Waals surface area contributed by atoms with Crippen molar-refractivity contribution in [3.8, 4) is 5.75 Å². The van der Waals surface area contributed by atoms with E-state index in [0.29, 0.717) is 0 Å². The van der Waals surface area contributed by atoms with Crippen molar-refractivity contribution in [2.45, 2.75) is 32.8 Å². The summed E-state index contributed by atoms with van der Waals surface area (Å²) in [5.74, 6) is -11.9. The van der Waals surface area contributed by atoms with Crippen LogP contribution >= 0.6 is 0 Å². The minimum Gasteiger partial charge on any atom is -0.484 e. The van der Waals surface area contributed by atoms with Gasteiger partial charge in [0.15, 0.2) is 0 Å². The van der Waals surface area contributed by atoms with E-state index in [1.165, 1.54) is 0 Å². The maximum absolute atomic E-state index is 13.7. The van der Waals surface area contributed by atoms with Crippen molar-refractivity contribution in [3.05, 3.63) is 23.5 Å². The molecule has 0 amide bonds. The molecule has 2 unspecified atom stereocenters. The van der Waals surface area contributed by atoms with Crippen LogP contribution in [0.25, 0.3) is 0 Å². The van der Waals surface area contributed by atoms with Gasteiger partial charge >= 0.3 is 11.9 Å². The van der Waals surface area contributed by atoms with Gasteiger partial charge in [-0.3, -0.25) is 9.59 Å². The number of rotatable bonds is 6. The van der Waals surface area contributed by atoms with Crippen LogP contribution in [0.5, 0.6) is 5.75 Å². The molecule has 1 aromatic rings. The molecule has 26 heavy (non-hydrogen) atoms. The number of esters is 2. The van der Waals surface area contributed by atoms with E-state index in [0.717, 1.165) is 0 Å². The minimum atomic E-state index is -1.86. The van der Waals surface area contributed by atoms with Crippen LogP contribution in [0, 0.1) is 35.4 Å². The maximum atomic E-state index is 13.7. The van der Waals surface area contributed by atoms with Crippen LogP contribution in [0.15, 0.2) is 0 Å². The van der Waals surface area contributed by atoms with Gasteiger partial charge in [-0.25, -0.2) is 0 Å². The van der Waals surface area contributed by atoms with E-state index in [1.54, 1.807) is 13.8 Å². The molecular weight excluding hydrogens is 362 g/mol. The van der Waals surface area contributed by atoms with Crippen LogP contribution in [0.4, 0.5) is 17.6 Å². The van der Waals surface area contributed by atoms with Gasteiger partial charge in [-0.1, -0.05) is 0 Å². The largest absolute Gasteiger partial charge is 0.484 e. The fraction of sp³-hybridized carbons (Fsp3) is 0.562. The molecule has 1 heterocycles. The van der Waals surface area contributed by atoms with E-state index in [2.05, 4.69) is 4.98 Å². The van der Waals surface area contributed by atoms with E-state index < -0.39 is 59.2 Å². The highest BCUT2D eigenvalue weighted by Gasteiger charge is 2.46. The molecule has 1 aromatic heterocycles. The molecule has 2 atom stereocenters. The molecule has 0 aliphatic heterocycles. The lowest BCUT2D eigenvalue weighted by Crippen LogP contribution is -2.28. The fourth-order valence-corrected chi connectivity index (χ4v) is 2.85. The van der Waals surface area contributed by atoms with Gasteiger partial charge in [0.2, 0.25) is 17.4 Å². The Morgan fingerprint density at radius 1 is 0.923 bits per heavy atom. The second-order valence-electron chi connectivity index (χ2n) is 5.58. The van der Waals surface area contributed by atoms with E-state index in [1.807, 2.05) is 0 Å². The standard InChI is InChI=1S/C16H17F4NO5/c1-3-24-15(22)8-5-7(6-9(8)16(23)25-4-2)26-12-10(17)13(19)21-14(20)11(12)18/h7-9H,3-6H2,1-2H3. The maximum Gasteiger partial charge on any atom is 0.309 e. The topological polar surface area (TPSA) is 74.7 Å². The molecule has 0 aromatic carbocycles. The molecule has 2 rings (SSSR count). The van der Waals surface area contributed by atoms with Crippen LogP contribution < -0.4 is 4.74 Å². The van der Waals surface area contributed by atoms with E-state index in [4.69, 9.17) is 14.2 Å². The van der Waals surface area contributed by atoms with Crippen molar-refractivity contribution in [2.75, 3.05) is 13.2 Å². The van der Waals surface area contributed by atoms with E-state index >= 15 is 0 Å². The number of nitrogens with zero attached hydrogens (tertiary/aromatic N) is 1. The Morgan fingerprint density at radius 3 is 1.73 bits per heavy atom. The third kappa shape index (κ3) is 4.05. The van der Waals surface area contributed by atoms with E-state index in [-0.39, 0.29) is 26.1 Å². The predicted octanol–water partition coefficient (Wildman–Crippen LogP) is 2.54. The zero-order chi connectivity index (χ0) is 19.4. The van der Waals surface area contributed by atoms with Crippen molar-refractivity contribution in [1.29, 1.82) is 0 Å². The lowest BCUT2D eigenvalue weighted by atomic mass is 9.96. The number of carbonyl (C=O) groups excluding carboxylic acids is 2. The van der Waals surface area contributed by atoms with Crippen LogP contribution in [0.1, 0.15) is 26.7 Å². The lowest BCUT2D eigenvalue weighted by molar-refractivity contribution is -0.158. The first-order chi connectivity index (χ1) is 12.3. The number of ether oxygens (including phenoxy) is 3. The van der Waals surface area contributed by atoms with Gasteiger partial charge in [-0.15, -0.1) is 0 Å². The highest BCUT2D eigenvalue weighted by Crippen LogP contribution is 2.38. The molecule has 6 nitrogen and oxygen atoms in total. The predicted molar refractivity (Wildman–Crippen MR) is 78.0 cm³/mol. The number of aromatic nitrogens is 1. The molecule has 10 heteroatoms. The van der Waals surface area contributed by atoms with Gasteiger partial charge in [-0.2, -0.15) is 22.5 Å². The third-order valence-electron chi connectivity index (χ3n) is 3.94. The summed E-state index contributed by atoms with van der Waals surface area (Å²) < 4.78 is 68.6. The molecule has 0 spiro atoms. The van der Waals surface area contributed by atoms with Gasteiger partial charge < -0.3 is 14.2 Å². The Kier molecular flexibility index (Phi) is 6.38. The highest BCUT2D eigenvalue weighted by atomic mass is 19.2. The quantitative estimate of drug-likeness (QED) is 0.430. The summed E-state index contributed by atoms with van der Waals surface area (Å²) >= 11 is 0. The van der Waals surface area contributed by atoms with Crippen LogP contribution in [-0.2, 0) is 19.1 Å². The summed E-state index contributed by atoms with van der Waals surface area (Å²) in [6.45, 7) is 3.29. The summed E-state index contributed by atoms with van der Waals surface area (Å²) in [4.78, 5) is 26.5. The van der Waals surface area contributed by atoms with Crippen molar-refractivity contribution >= 4 is 11.9 Å². The smallest absolute Gasteiger partial charge is 0.309 e. The summed E-state index contributed by atoms with van der Waals surface area (Å²) in [7, 11) is 0. The molecule has 144 valence electrons. The normalized spacial score (nSPS) is 22.2. The molecule has 0 N–H and O–H groups in total. The van der Waals surface area contributed by atoms with Crippen LogP contribution in [0.2, 0.25) is 0 Å². The molecule has 0 bridgehead atoms. The number of hydrogen-bond donors (Lipinski definition) is 0. The van der Waals surface area contributed by atoms with Crippen LogP contribution in [0.3, 0.4) is 0 Å². The summed E-state index contributed by atoms with van der Waals surface area (Å²) in [6.07, 6.45) is -1.32. The van der Waals surface area contributed by atoms with Gasteiger partial charge in [0.25, 0.3) is 11.9 Å². The van der Waals surface area contributed by atoms with Crippen molar-refractivity contribution in [2.24, 2.45) is 11.8 Å². The summed E-state index contributed by atoms with van der Waals surface area (Å²) in [5, 5.41) is 0. The molecule has 1 saturated carbocycles. The van der Waals surface area contributed by atoms with Crippen molar-refractivity contribution in [1.82, 2.24) is 4.98 Å². The molecule has 1 aliphatic rings. The van der Waals surface area contributed by atoms with Gasteiger partial charge in [0, 0.05) is 0 Å². The summed E-state index contributed by atoms with van der Waals surface area (Å²) in [5.41, 5.74) is 0. The highest BCUT2D eigenvalue weighted by molar-refractivity contribution is 5.83. The third-order valence-corrected chi connectivity index (χ3v) is 3.94. The molecule has 1 fully saturated rings. The number of hydrogen-bond acceptors (Lipinski definition) is 6. The monoisotopic (exact) mass is 379 g/mol. The zero-order valence-electron chi connectivity index (χ0n) is 14.1.